The lowest BCUT2D eigenvalue weighted by molar-refractivity contribution is 0.0786. The van der Waals surface area contributed by atoms with Crippen molar-refractivity contribution in [3.8, 4) is 0 Å². The minimum Gasteiger partial charge on any atom is -0.337 e. The summed E-state index contributed by atoms with van der Waals surface area (Å²) in [5.74, 6) is -0.0755. The Labute approximate surface area is 149 Å². The third-order valence-electron chi connectivity index (χ3n) is 3.67. The van der Waals surface area contributed by atoms with Gasteiger partial charge in [-0.15, -0.1) is 11.3 Å². The summed E-state index contributed by atoms with van der Waals surface area (Å²) in [7, 11) is 1.76. The van der Waals surface area contributed by atoms with E-state index in [1.807, 2.05) is 12.1 Å². The molecular formula is C17H18ClN3O2S. The molecule has 1 heterocycles. The maximum Gasteiger partial charge on any atom is 0.319 e. The van der Waals surface area contributed by atoms with Crippen LogP contribution in [0, 0.1) is 0 Å². The predicted octanol–water partition coefficient (Wildman–Crippen LogP) is 3.96. The highest BCUT2D eigenvalue weighted by atomic mass is 35.5. The molecule has 1 saturated carbocycles. The standard InChI is InChI=1S/C17H18ClN3O2S/c1-21(10-14-8-9-15(18)24-14)16(22)11-2-4-12(5-3-11)19-17(23)20-13-6-7-13/h2-5,8-9,13H,6-7,10H2,1H3,(H2,19,20,23). The van der Waals surface area contributed by atoms with E-state index in [9.17, 15) is 9.59 Å². The molecule has 0 atom stereocenters. The van der Waals surface area contributed by atoms with Gasteiger partial charge >= 0.3 is 6.03 Å². The first-order valence-electron chi connectivity index (χ1n) is 7.68. The van der Waals surface area contributed by atoms with Crippen molar-refractivity contribution in [3.63, 3.8) is 0 Å². The maximum absolute atomic E-state index is 12.4. The number of nitrogens with zero attached hydrogens (tertiary/aromatic N) is 1. The lowest BCUT2D eigenvalue weighted by Gasteiger charge is -2.16. The summed E-state index contributed by atoms with van der Waals surface area (Å²) in [5, 5.41) is 5.62. The summed E-state index contributed by atoms with van der Waals surface area (Å²) >= 11 is 7.38. The topological polar surface area (TPSA) is 61.4 Å². The van der Waals surface area contributed by atoms with Crippen LogP contribution in [-0.4, -0.2) is 29.9 Å². The molecular weight excluding hydrogens is 346 g/mol. The molecule has 126 valence electrons. The summed E-state index contributed by atoms with van der Waals surface area (Å²) in [6.07, 6.45) is 2.09. The Morgan fingerprint density at radius 1 is 1.21 bits per heavy atom. The van der Waals surface area contributed by atoms with Gasteiger partial charge < -0.3 is 15.5 Å². The Balaban J connectivity index is 1.57. The third-order valence-corrected chi connectivity index (χ3v) is 4.89. The first kappa shape index (κ1) is 16.8. The minimum atomic E-state index is -0.205. The average molecular weight is 364 g/mol. The van der Waals surface area contributed by atoms with E-state index in [4.69, 9.17) is 11.6 Å². The number of carbonyl (C=O) groups excluding carboxylic acids is 2. The van der Waals surface area contributed by atoms with E-state index < -0.39 is 0 Å². The zero-order valence-corrected chi connectivity index (χ0v) is 14.8. The van der Waals surface area contributed by atoms with E-state index in [1.54, 1.807) is 36.2 Å². The van der Waals surface area contributed by atoms with Gasteiger partial charge in [-0.3, -0.25) is 4.79 Å². The minimum absolute atomic E-state index is 0.0755. The largest absolute Gasteiger partial charge is 0.337 e. The fourth-order valence-corrected chi connectivity index (χ4v) is 3.38. The molecule has 24 heavy (non-hydrogen) atoms. The van der Waals surface area contributed by atoms with Crippen molar-refractivity contribution >= 4 is 40.6 Å². The molecule has 2 aromatic rings. The van der Waals surface area contributed by atoms with Crippen molar-refractivity contribution in [2.24, 2.45) is 0 Å². The van der Waals surface area contributed by atoms with Crippen LogP contribution in [0.3, 0.4) is 0 Å². The number of hydrogen-bond acceptors (Lipinski definition) is 3. The van der Waals surface area contributed by atoms with Gasteiger partial charge in [-0.25, -0.2) is 4.79 Å². The molecule has 3 rings (SSSR count). The van der Waals surface area contributed by atoms with Crippen LogP contribution in [0.4, 0.5) is 10.5 Å². The first-order chi connectivity index (χ1) is 11.5. The van der Waals surface area contributed by atoms with Crippen molar-refractivity contribution in [2.75, 3.05) is 12.4 Å². The second kappa shape index (κ2) is 7.23. The number of nitrogens with one attached hydrogen (secondary N) is 2. The molecule has 3 amide bonds. The molecule has 0 spiro atoms. The van der Waals surface area contributed by atoms with Crippen molar-refractivity contribution in [1.82, 2.24) is 10.2 Å². The van der Waals surface area contributed by atoms with E-state index in [0.717, 1.165) is 17.7 Å². The van der Waals surface area contributed by atoms with Gasteiger partial charge in [-0.1, -0.05) is 11.6 Å². The van der Waals surface area contributed by atoms with Crippen LogP contribution in [0.25, 0.3) is 0 Å². The van der Waals surface area contributed by atoms with Crippen LogP contribution >= 0.6 is 22.9 Å². The van der Waals surface area contributed by atoms with E-state index in [1.165, 1.54) is 11.3 Å². The highest BCUT2D eigenvalue weighted by Gasteiger charge is 2.23. The molecule has 0 aliphatic heterocycles. The van der Waals surface area contributed by atoms with Crippen molar-refractivity contribution in [2.45, 2.75) is 25.4 Å². The quantitative estimate of drug-likeness (QED) is 0.844. The molecule has 1 aliphatic rings. The Bertz CT molecular complexity index is 741. The monoisotopic (exact) mass is 363 g/mol. The molecule has 0 radical (unpaired) electrons. The van der Waals surface area contributed by atoms with Crippen LogP contribution in [-0.2, 0) is 6.54 Å². The van der Waals surface area contributed by atoms with Crippen molar-refractivity contribution in [1.29, 1.82) is 0 Å². The Morgan fingerprint density at radius 2 is 1.92 bits per heavy atom. The maximum atomic E-state index is 12.4. The van der Waals surface area contributed by atoms with E-state index >= 15 is 0 Å². The number of amides is 3. The highest BCUT2D eigenvalue weighted by Crippen LogP contribution is 2.23. The predicted molar refractivity (Wildman–Crippen MR) is 96.7 cm³/mol. The number of hydrogen-bond donors (Lipinski definition) is 2. The van der Waals surface area contributed by atoms with Gasteiger partial charge in [0.2, 0.25) is 0 Å². The van der Waals surface area contributed by atoms with E-state index in [-0.39, 0.29) is 11.9 Å². The summed E-state index contributed by atoms with van der Waals surface area (Å²) in [5.41, 5.74) is 1.24. The number of anilines is 1. The summed E-state index contributed by atoms with van der Waals surface area (Å²) in [4.78, 5) is 26.8. The SMILES string of the molecule is CN(Cc1ccc(Cl)s1)C(=O)c1ccc(NC(=O)NC2CC2)cc1. The molecule has 7 heteroatoms. The van der Waals surface area contributed by atoms with E-state index in [2.05, 4.69) is 10.6 Å². The third kappa shape index (κ3) is 4.49. The van der Waals surface area contributed by atoms with Crippen LogP contribution < -0.4 is 10.6 Å². The lowest BCUT2D eigenvalue weighted by Crippen LogP contribution is -2.30. The van der Waals surface area contributed by atoms with Crippen LogP contribution in [0.5, 0.6) is 0 Å². The van der Waals surface area contributed by atoms with Crippen LogP contribution in [0.15, 0.2) is 36.4 Å². The van der Waals surface area contributed by atoms with Gasteiger partial charge in [0.25, 0.3) is 5.91 Å². The second-order valence-corrected chi connectivity index (χ2v) is 7.62. The van der Waals surface area contributed by atoms with Crippen LogP contribution in [0.1, 0.15) is 28.1 Å². The number of carbonyl (C=O) groups is 2. The number of halogens is 1. The zero-order valence-electron chi connectivity index (χ0n) is 13.2. The Hall–Kier alpha value is -2.05. The van der Waals surface area contributed by atoms with Crippen LogP contribution in [0.2, 0.25) is 4.34 Å². The van der Waals surface area contributed by atoms with Crippen molar-refractivity contribution in [3.05, 3.63) is 51.2 Å². The van der Waals surface area contributed by atoms with Gasteiger partial charge in [-0.2, -0.15) is 0 Å². The Kier molecular flexibility index (Phi) is 5.06. The zero-order chi connectivity index (χ0) is 17.1. The van der Waals surface area contributed by atoms with Gasteiger partial charge in [0.05, 0.1) is 10.9 Å². The molecule has 0 bridgehead atoms. The van der Waals surface area contributed by atoms with Crippen molar-refractivity contribution < 1.29 is 9.59 Å². The van der Waals surface area contributed by atoms with Gasteiger partial charge in [0.15, 0.2) is 0 Å². The first-order valence-corrected chi connectivity index (χ1v) is 8.88. The summed E-state index contributed by atoms with van der Waals surface area (Å²) < 4.78 is 0.714. The molecule has 0 saturated heterocycles. The number of benzene rings is 1. The normalized spacial score (nSPS) is 13.4. The number of thiophene rings is 1. The van der Waals surface area contributed by atoms with Gasteiger partial charge in [0, 0.05) is 29.2 Å². The Morgan fingerprint density at radius 3 is 2.50 bits per heavy atom. The molecule has 1 aromatic heterocycles. The average Bonchev–Trinajstić information content (AvgIpc) is 3.27. The number of rotatable bonds is 5. The summed E-state index contributed by atoms with van der Waals surface area (Å²) in [6.45, 7) is 0.514. The summed E-state index contributed by atoms with van der Waals surface area (Å²) in [6, 6.07) is 10.7. The molecule has 1 aromatic carbocycles. The fourth-order valence-electron chi connectivity index (χ4n) is 2.24. The molecule has 1 aliphatic carbocycles. The second-order valence-electron chi connectivity index (χ2n) is 5.82. The molecule has 2 N–H and O–H groups in total. The number of urea groups is 1. The lowest BCUT2D eigenvalue weighted by atomic mass is 10.2. The molecule has 0 unspecified atom stereocenters. The molecule has 5 nitrogen and oxygen atoms in total. The fraction of sp³-hybridized carbons (Fsp3) is 0.294. The van der Waals surface area contributed by atoms with Gasteiger partial charge in [0.1, 0.15) is 0 Å². The smallest absolute Gasteiger partial charge is 0.319 e. The van der Waals surface area contributed by atoms with Gasteiger partial charge in [-0.05, 0) is 49.2 Å². The van der Waals surface area contributed by atoms with E-state index in [0.29, 0.717) is 28.2 Å². The molecule has 1 fully saturated rings. The highest BCUT2D eigenvalue weighted by molar-refractivity contribution is 7.16.